The lowest BCUT2D eigenvalue weighted by Crippen LogP contribution is -1.86. The molecule has 0 amide bonds. The van der Waals surface area contributed by atoms with Gasteiger partial charge in [-0.1, -0.05) is 12.1 Å². The Morgan fingerprint density at radius 3 is 2.87 bits per heavy atom. The van der Waals surface area contributed by atoms with Crippen LogP contribution in [0.4, 0.5) is 5.69 Å². The average molecular weight is 198 g/mol. The molecule has 0 aliphatic carbocycles. The third-order valence-corrected chi connectivity index (χ3v) is 2.54. The van der Waals surface area contributed by atoms with Crippen molar-refractivity contribution in [2.45, 2.75) is 0 Å². The van der Waals surface area contributed by atoms with Gasteiger partial charge in [0, 0.05) is 24.0 Å². The van der Waals surface area contributed by atoms with Gasteiger partial charge in [-0.15, -0.1) is 0 Å². The molecule has 1 N–H and O–H groups in total. The van der Waals surface area contributed by atoms with Crippen molar-refractivity contribution < 1.29 is 4.42 Å². The second kappa shape index (κ2) is 2.98. The second-order valence-electron chi connectivity index (χ2n) is 3.39. The normalized spacial score (nSPS) is 11.0. The number of nitrogens with zero attached hydrogens (tertiary/aromatic N) is 1. The van der Waals surface area contributed by atoms with E-state index in [-0.39, 0.29) is 0 Å². The van der Waals surface area contributed by atoms with Gasteiger partial charge in [-0.2, -0.15) is 0 Å². The summed E-state index contributed by atoms with van der Waals surface area (Å²) in [5.41, 5.74) is 2.55. The van der Waals surface area contributed by atoms with Crippen LogP contribution in [0.3, 0.4) is 0 Å². The Morgan fingerprint density at radius 2 is 2.00 bits per heavy atom. The summed E-state index contributed by atoms with van der Waals surface area (Å²) < 4.78 is 5.70. The average Bonchev–Trinajstić information content (AvgIpc) is 2.67. The van der Waals surface area contributed by atoms with Crippen LogP contribution < -0.4 is 5.32 Å². The van der Waals surface area contributed by atoms with Crippen LogP contribution in [0, 0.1) is 0 Å². The number of aromatic nitrogens is 1. The first kappa shape index (κ1) is 8.29. The third kappa shape index (κ3) is 1.09. The maximum Gasteiger partial charge on any atom is 0.227 e. The van der Waals surface area contributed by atoms with Crippen LogP contribution in [0.1, 0.15) is 0 Å². The molecule has 15 heavy (non-hydrogen) atoms. The number of furan rings is 1. The molecule has 0 spiro atoms. The number of rotatable bonds is 1. The molecule has 0 radical (unpaired) electrons. The predicted molar refractivity (Wildman–Crippen MR) is 61.1 cm³/mol. The monoisotopic (exact) mass is 198 g/mol. The van der Waals surface area contributed by atoms with E-state index in [4.69, 9.17) is 4.42 Å². The Kier molecular flexibility index (Phi) is 1.65. The molecule has 0 fully saturated rings. The molecular formula is C12H10N2O. The molecule has 3 aromatic rings. The summed E-state index contributed by atoms with van der Waals surface area (Å²) >= 11 is 0. The molecular weight excluding hydrogens is 188 g/mol. The van der Waals surface area contributed by atoms with Crippen molar-refractivity contribution in [3.8, 4) is 0 Å². The van der Waals surface area contributed by atoms with Gasteiger partial charge in [0.1, 0.15) is 0 Å². The van der Waals surface area contributed by atoms with Gasteiger partial charge in [0.25, 0.3) is 0 Å². The minimum absolute atomic E-state index is 0.690. The molecule has 3 nitrogen and oxygen atoms in total. The number of hydrogen-bond acceptors (Lipinski definition) is 3. The minimum atomic E-state index is 0.690. The fourth-order valence-electron chi connectivity index (χ4n) is 1.83. The van der Waals surface area contributed by atoms with Gasteiger partial charge >= 0.3 is 0 Å². The summed E-state index contributed by atoms with van der Waals surface area (Å²) in [6.07, 6.45) is 1.74. The van der Waals surface area contributed by atoms with Crippen LogP contribution in [-0.2, 0) is 0 Å². The number of benzene rings is 1. The Bertz CT molecular complexity index is 628. The maximum atomic E-state index is 5.70. The molecule has 2 heterocycles. The SMILES string of the molecule is CNc1cccc2c1oc1ncccc12. The lowest BCUT2D eigenvalue weighted by Gasteiger charge is -1.98. The van der Waals surface area contributed by atoms with E-state index in [2.05, 4.69) is 10.3 Å². The zero-order chi connectivity index (χ0) is 10.3. The lowest BCUT2D eigenvalue weighted by molar-refractivity contribution is 0.655. The van der Waals surface area contributed by atoms with E-state index in [9.17, 15) is 0 Å². The van der Waals surface area contributed by atoms with Gasteiger partial charge in [-0.05, 0) is 18.2 Å². The van der Waals surface area contributed by atoms with Crippen LogP contribution in [0.15, 0.2) is 40.9 Å². The highest BCUT2D eigenvalue weighted by Gasteiger charge is 2.09. The number of para-hydroxylation sites is 1. The number of hydrogen-bond donors (Lipinski definition) is 1. The highest BCUT2D eigenvalue weighted by atomic mass is 16.3. The van der Waals surface area contributed by atoms with Crippen LogP contribution in [0.5, 0.6) is 0 Å². The van der Waals surface area contributed by atoms with E-state index in [0.29, 0.717) is 5.71 Å². The van der Waals surface area contributed by atoms with Gasteiger partial charge < -0.3 is 9.73 Å². The highest BCUT2D eigenvalue weighted by molar-refractivity contribution is 6.07. The van der Waals surface area contributed by atoms with Gasteiger partial charge in [0.05, 0.1) is 5.69 Å². The molecule has 0 saturated carbocycles. The first-order valence-corrected chi connectivity index (χ1v) is 4.84. The number of anilines is 1. The molecule has 0 aliphatic rings. The number of pyridine rings is 1. The second-order valence-corrected chi connectivity index (χ2v) is 3.39. The van der Waals surface area contributed by atoms with Crippen LogP contribution >= 0.6 is 0 Å². The van der Waals surface area contributed by atoms with Crippen molar-refractivity contribution in [2.75, 3.05) is 12.4 Å². The van der Waals surface area contributed by atoms with E-state index in [1.807, 2.05) is 37.4 Å². The summed E-state index contributed by atoms with van der Waals surface area (Å²) in [5, 5.41) is 5.27. The van der Waals surface area contributed by atoms with Gasteiger partial charge in [0.15, 0.2) is 5.58 Å². The molecule has 0 aliphatic heterocycles. The van der Waals surface area contributed by atoms with Gasteiger partial charge in [-0.25, -0.2) is 4.98 Å². The molecule has 0 unspecified atom stereocenters. The Morgan fingerprint density at radius 1 is 1.13 bits per heavy atom. The van der Waals surface area contributed by atoms with Crippen molar-refractivity contribution in [2.24, 2.45) is 0 Å². The summed E-state index contributed by atoms with van der Waals surface area (Å²) in [6, 6.07) is 9.99. The molecule has 0 atom stereocenters. The fraction of sp³-hybridized carbons (Fsp3) is 0.0833. The van der Waals surface area contributed by atoms with Crippen molar-refractivity contribution in [3.05, 3.63) is 36.5 Å². The van der Waals surface area contributed by atoms with Crippen molar-refractivity contribution in [3.63, 3.8) is 0 Å². The van der Waals surface area contributed by atoms with E-state index in [0.717, 1.165) is 22.0 Å². The minimum Gasteiger partial charge on any atom is -0.436 e. The molecule has 3 heteroatoms. The molecule has 0 saturated heterocycles. The Hall–Kier alpha value is -2.03. The standard InChI is InChI=1S/C12H10N2O/c1-13-10-6-2-4-8-9-5-3-7-14-12(9)15-11(8)10/h2-7,13H,1H3. The first-order valence-electron chi connectivity index (χ1n) is 4.84. The van der Waals surface area contributed by atoms with Gasteiger partial charge in [-0.3, -0.25) is 0 Å². The topological polar surface area (TPSA) is 38.1 Å². The van der Waals surface area contributed by atoms with E-state index in [1.54, 1.807) is 6.20 Å². The largest absolute Gasteiger partial charge is 0.436 e. The van der Waals surface area contributed by atoms with Crippen molar-refractivity contribution >= 4 is 27.8 Å². The van der Waals surface area contributed by atoms with Crippen molar-refractivity contribution in [1.29, 1.82) is 0 Å². The Labute approximate surface area is 86.7 Å². The summed E-state index contributed by atoms with van der Waals surface area (Å²) in [4.78, 5) is 4.20. The fourth-order valence-corrected chi connectivity index (χ4v) is 1.83. The number of fused-ring (bicyclic) bond motifs is 3. The molecule has 74 valence electrons. The van der Waals surface area contributed by atoms with Crippen LogP contribution in [-0.4, -0.2) is 12.0 Å². The third-order valence-electron chi connectivity index (χ3n) is 2.54. The van der Waals surface area contributed by atoms with Crippen molar-refractivity contribution in [1.82, 2.24) is 4.98 Å². The smallest absolute Gasteiger partial charge is 0.227 e. The predicted octanol–water partition coefficient (Wildman–Crippen LogP) is 3.02. The lowest BCUT2D eigenvalue weighted by atomic mass is 10.2. The summed E-state index contributed by atoms with van der Waals surface area (Å²) in [5.74, 6) is 0. The highest BCUT2D eigenvalue weighted by Crippen LogP contribution is 2.31. The molecule has 3 rings (SSSR count). The van der Waals surface area contributed by atoms with E-state index >= 15 is 0 Å². The zero-order valence-corrected chi connectivity index (χ0v) is 8.32. The Balaban J connectivity index is 2.53. The zero-order valence-electron chi connectivity index (χ0n) is 8.32. The van der Waals surface area contributed by atoms with E-state index in [1.165, 1.54) is 0 Å². The molecule has 1 aromatic carbocycles. The van der Waals surface area contributed by atoms with E-state index < -0.39 is 0 Å². The number of nitrogens with one attached hydrogen (secondary N) is 1. The summed E-state index contributed by atoms with van der Waals surface area (Å²) in [7, 11) is 1.88. The summed E-state index contributed by atoms with van der Waals surface area (Å²) in [6.45, 7) is 0. The molecule has 0 bridgehead atoms. The van der Waals surface area contributed by atoms with Crippen LogP contribution in [0.2, 0.25) is 0 Å². The maximum absolute atomic E-state index is 5.70. The van der Waals surface area contributed by atoms with Gasteiger partial charge in [0.2, 0.25) is 5.71 Å². The molecule has 2 aromatic heterocycles. The first-order chi connectivity index (χ1) is 7.40. The van der Waals surface area contributed by atoms with Crippen LogP contribution in [0.25, 0.3) is 22.1 Å². The quantitative estimate of drug-likeness (QED) is 0.653.